The van der Waals surface area contributed by atoms with E-state index >= 15 is 0 Å². The number of carbonyl (C=O) groups excluding carboxylic acids is 1. The minimum absolute atomic E-state index is 0.0584. The van der Waals surface area contributed by atoms with E-state index in [1.54, 1.807) is 0 Å². The number of aliphatic hydroxyl groups excluding tert-OH is 1. The number of hydrogen-bond acceptors (Lipinski definition) is 2. The van der Waals surface area contributed by atoms with Gasteiger partial charge >= 0.3 is 0 Å². The van der Waals surface area contributed by atoms with Gasteiger partial charge in [0.05, 0.1) is 6.10 Å². The molecule has 0 amide bonds. The summed E-state index contributed by atoms with van der Waals surface area (Å²) in [6.07, 6.45) is 11.5. The third-order valence-electron chi connectivity index (χ3n) is 8.02. The third-order valence-corrected chi connectivity index (χ3v) is 8.02. The Balaban J connectivity index is 1.58. The molecule has 4 aliphatic carbocycles. The van der Waals surface area contributed by atoms with Gasteiger partial charge in [0.15, 0.2) is 0 Å². The van der Waals surface area contributed by atoms with Crippen LogP contribution in [0.3, 0.4) is 0 Å². The number of fused-ring (bicyclic) bond motifs is 5. The molecular formula is C19H30O2. The van der Waals surface area contributed by atoms with Crippen molar-refractivity contribution in [1.29, 1.82) is 0 Å². The first-order chi connectivity index (χ1) is 10.1. The molecule has 0 heterocycles. The fourth-order valence-electron chi connectivity index (χ4n) is 6.81. The smallest absolute Gasteiger partial charge is 0.132 e. The van der Waals surface area contributed by atoms with Crippen molar-refractivity contribution in [2.24, 2.45) is 35.0 Å². The first kappa shape index (κ1) is 14.2. The molecule has 4 rings (SSSR count). The lowest BCUT2D eigenvalue weighted by atomic mass is 9.51. The number of carbonyl (C=O) groups is 1. The molecule has 0 spiro atoms. The summed E-state index contributed by atoms with van der Waals surface area (Å²) in [4.78, 5) is 11.8. The van der Waals surface area contributed by atoms with E-state index in [4.69, 9.17) is 0 Å². The van der Waals surface area contributed by atoms with E-state index in [0.717, 1.165) is 61.7 Å². The summed E-state index contributed by atoms with van der Waals surface area (Å²) in [5, 5.41) is 10.4. The van der Waals surface area contributed by atoms with E-state index in [1.807, 2.05) is 0 Å². The van der Waals surface area contributed by atoms with Crippen LogP contribution in [-0.2, 0) is 4.79 Å². The Morgan fingerprint density at radius 3 is 2.57 bits per heavy atom. The Bertz CT molecular complexity index is 431. The zero-order chi connectivity index (χ0) is 14.6. The molecule has 7 atom stereocenters. The Morgan fingerprint density at radius 1 is 0.905 bits per heavy atom. The monoisotopic (exact) mass is 290 g/mol. The summed E-state index contributed by atoms with van der Waals surface area (Å²) in [6.45, 7) is 2.36. The van der Waals surface area contributed by atoms with Crippen molar-refractivity contribution in [1.82, 2.24) is 0 Å². The summed E-state index contributed by atoms with van der Waals surface area (Å²) in [5.74, 6) is 4.61. The normalized spacial score (nSPS) is 53.5. The number of rotatable bonds is 0. The van der Waals surface area contributed by atoms with Gasteiger partial charge in [-0.2, -0.15) is 0 Å². The molecule has 21 heavy (non-hydrogen) atoms. The van der Waals surface area contributed by atoms with E-state index in [9.17, 15) is 9.90 Å². The van der Waals surface area contributed by atoms with Crippen molar-refractivity contribution in [2.45, 2.75) is 77.2 Å². The second kappa shape index (κ2) is 5.08. The number of Topliss-reactive ketones (excluding diaryl/α,β-unsaturated/α-hetero) is 1. The van der Waals surface area contributed by atoms with Crippen LogP contribution >= 0.6 is 0 Å². The molecule has 2 heteroatoms. The first-order valence-corrected chi connectivity index (χ1v) is 9.29. The molecule has 4 saturated carbocycles. The average Bonchev–Trinajstić information content (AvgIpc) is 2.66. The van der Waals surface area contributed by atoms with Crippen LogP contribution in [0.2, 0.25) is 0 Å². The molecule has 1 N–H and O–H groups in total. The van der Waals surface area contributed by atoms with Crippen LogP contribution in [0.5, 0.6) is 0 Å². The maximum absolute atomic E-state index is 11.8. The Kier molecular flexibility index (Phi) is 3.44. The second-order valence-electron chi connectivity index (χ2n) is 8.69. The zero-order valence-corrected chi connectivity index (χ0v) is 13.4. The summed E-state index contributed by atoms with van der Waals surface area (Å²) in [7, 11) is 0. The van der Waals surface area contributed by atoms with E-state index in [0.29, 0.717) is 5.78 Å². The van der Waals surface area contributed by atoms with Crippen LogP contribution in [0.25, 0.3) is 0 Å². The van der Waals surface area contributed by atoms with Crippen molar-refractivity contribution in [3.05, 3.63) is 0 Å². The van der Waals surface area contributed by atoms with Gasteiger partial charge in [0.25, 0.3) is 0 Å². The molecular weight excluding hydrogens is 260 g/mol. The van der Waals surface area contributed by atoms with Gasteiger partial charge in [-0.25, -0.2) is 0 Å². The minimum Gasteiger partial charge on any atom is -0.393 e. The van der Waals surface area contributed by atoms with E-state index in [-0.39, 0.29) is 11.5 Å². The highest BCUT2D eigenvalue weighted by Gasteiger charge is 2.56. The van der Waals surface area contributed by atoms with Crippen molar-refractivity contribution >= 4 is 5.78 Å². The van der Waals surface area contributed by atoms with E-state index < -0.39 is 0 Å². The predicted octanol–water partition coefficient (Wildman–Crippen LogP) is 3.96. The Morgan fingerprint density at radius 2 is 1.71 bits per heavy atom. The molecule has 4 fully saturated rings. The highest BCUT2D eigenvalue weighted by atomic mass is 16.3. The van der Waals surface area contributed by atoms with Crippen molar-refractivity contribution < 1.29 is 9.90 Å². The average molecular weight is 290 g/mol. The maximum Gasteiger partial charge on any atom is 0.132 e. The van der Waals surface area contributed by atoms with Crippen LogP contribution in [-0.4, -0.2) is 17.0 Å². The van der Waals surface area contributed by atoms with Gasteiger partial charge < -0.3 is 5.11 Å². The lowest BCUT2D eigenvalue weighted by Gasteiger charge is -2.54. The summed E-state index contributed by atoms with van der Waals surface area (Å²) < 4.78 is 0. The van der Waals surface area contributed by atoms with Crippen molar-refractivity contribution in [3.8, 4) is 0 Å². The molecule has 2 nitrogen and oxygen atoms in total. The second-order valence-corrected chi connectivity index (χ2v) is 8.69. The topological polar surface area (TPSA) is 37.3 Å². The van der Waals surface area contributed by atoms with Gasteiger partial charge in [-0.05, 0) is 86.4 Å². The first-order valence-electron chi connectivity index (χ1n) is 9.29. The molecule has 0 unspecified atom stereocenters. The SMILES string of the molecule is C[C@]12CC[C@H]3[C@@H](CC[C@@H]4CCC(=O)CC[C@@H]43)[C@@H]1CC[C@@H]2O. The van der Waals surface area contributed by atoms with E-state index in [1.165, 1.54) is 32.1 Å². The van der Waals surface area contributed by atoms with Gasteiger partial charge in [-0.15, -0.1) is 0 Å². The van der Waals surface area contributed by atoms with Crippen LogP contribution in [0.15, 0.2) is 0 Å². The van der Waals surface area contributed by atoms with Gasteiger partial charge in [-0.1, -0.05) is 6.92 Å². The van der Waals surface area contributed by atoms with Crippen LogP contribution in [0.4, 0.5) is 0 Å². The molecule has 0 aromatic carbocycles. The summed E-state index contributed by atoms with van der Waals surface area (Å²) >= 11 is 0. The van der Waals surface area contributed by atoms with Crippen LogP contribution < -0.4 is 0 Å². The minimum atomic E-state index is -0.0584. The molecule has 0 bridgehead atoms. The Hall–Kier alpha value is -0.370. The lowest BCUT2D eigenvalue weighted by Crippen LogP contribution is -2.48. The van der Waals surface area contributed by atoms with Crippen molar-refractivity contribution in [3.63, 3.8) is 0 Å². The van der Waals surface area contributed by atoms with Crippen LogP contribution in [0, 0.1) is 35.0 Å². The highest BCUT2D eigenvalue weighted by Crippen LogP contribution is 2.62. The zero-order valence-electron chi connectivity index (χ0n) is 13.4. The molecule has 0 radical (unpaired) electrons. The van der Waals surface area contributed by atoms with E-state index in [2.05, 4.69) is 6.92 Å². The molecule has 0 saturated heterocycles. The van der Waals surface area contributed by atoms with Crippen molar-refractivity contribution in [2.75, 3.05) is 0 Å². The molecule has 0 aromatic heterocycles. The highest BCUT2D eigenvalue weighted by molar-refractivity contribution is 5.78. The Labute approximate surface area is 128 Å². The quantitative estimate of drug-likeness (QED) is 0.733. The number of hydrogen-bond donors (Lipinski definition) is 1. The fraction of sp³-hybridized carbons (Fsp3) is 0.947. The van der Waals surface area contributed by atoms with Gasteiger partial charge in [0.2, 0.25) is 0 Å². The molecule has 4 aliphatic rings. The van der Waals surface area contributed by atoms with Gasteiger partial charge in [0, 0.05) is 12.8 Å². The number of aliphatic hydroxyl groups is 1. The largest absolute Gasteiger partial charge is 0.393 e. The predicted molar refractivity (Wildman–Crippen MR) is 82.7 cm³/mol. The molecule has 0 aliphatic heterocycles. The standard InChI is InChI=1S/C19H30O2/c1-19-11-10-15-14-7-5-13(20)4-2-12(14)3-6-16(15)17(19)8-9-18(19)21/h12,14-18,21H,2-11H2,1H3/t12-,14-,15+,16+,17-,18-,19-/m0/s1. The molecule has 118 valence electrons. The summed E-state index contributed by atoms with van der Waals surface area (Å²) in [5.41, 5.74) is 0.203. The summed E-state index contributed by atoms with van der Waals surface area (Å²) in [6, 6.07) is 0. The fourth-order valence-corrected chi connectivity index (χ4v) is 6.81. The maximum atomic E-state index is 11.8. The molecule has 0 aromatic rings. The van der Waals surface area contributed by atoms with Gasteiger partial charge in [0.1, 0.15) is 5.78 Å². The van der Waals surface area contributed by atoms with Gasteiger partial charge in [-0.3, -0.25) is 4.79 Å². The third kappa shape index (κ3) is 2.12. The van der Waals surface area contributed by atoms with Crippen LogP contribution in [0.1, 0.15) is 71.1 Å². The lowest BCUT2D eigenvalue weighted by molar-refractivity contribution is -0.119. The number of ketones is 1.